The molecule has 0 radical (unpaired) electrons. The molecule has 0 aromatic heterocycles. The van der Waals surface area contributed by atoms with E-state index < -0.39 is 0 Å². The summed E-state index contributed by atoms with van der Waals surface area (Å²) in [5.41, 5.74) is 0.457. The predicted octanol–water partition coefficient (Wildman–Crippen LogP) is 1.23. The highest BCUT2D eigenvalue weighted by Crippen LogP contribution is 2.18. The van der Waals surface area contributed by atoms with Crippen LogP contribution in [0.15, 0.2) is 29.3 Å². The topological polar surface area (TPSA) is 55.7 Å². The Labute approximate surface area is 74.9 Å². The highest BCUT2D eigenvalue weighted by molar-refractivity contribution is 5.53. The molecule has 0 amide bonds. The van der Waals surface area contributed by atoms with Gasteiger partial charge in [-0.2, -0.15) is 4.99 Å². The van der Waals surface area contributed by atoms with Crippen LogP contribution in [0.3, 0.4) is 0 Å². The lowest BCUT2D eigenvalue weighted by Crippen LogP contribution is -1.96. The first-order chi connectivity index (χ1) is 6.36. The Morgan fingerprint density at radius 2 is 2.38 bits per heavy atom. The Balaban J connectivity index is 2.78. The fourth-order valence-electron chi connectivity index (χ4n) is 0.826. The lowest BCUT2D eigenvalue weighted by Gasteiger charge is -2.00. The monoisotopic (exact) mass is 177 g/mol. The molecule has 0 saturated heterocycles. The number of isocyanates is 1. The maximum atomic E-state index is 9.98. The van der Waals surface area contributed by atoms with Crippen molar-refractivity contribution in [2.75, 3.05) is 6.61 Å². The zero-order valence-corrected chi connectivity index (χ0v) is 6.77. The summed E-state index contributed by atoms with van der Waals surface area (Å²) in [7, 11) is 0. The number of aliphatic imine (C=N–C) groups is 1. The lowest BCUT2D eigenvalue weighted by molar-refractivity contribution is -0.109. The maximum absolute atomic E-state index is 9.98. The minimum absolute atomic E-state index is 0.00570. The zero-order chi connectivity index (χ0) is 9.52. The van der Waals surface area contributed by atoms with Gasteiger partial charge in [-0.3, -0.25) is 4.79 Å². The van der Waals surface area contributed by atoms with Crippen molar-refractivity contribution in [3.05, 3.63) is 24.3 Å². The van der Waals surface area contributed by atoms with Crippen LogP contribution in [0.25, 0.3) is 0 Å². The van der Waals surface area contributed by atoms with E-state index in [9.17, 15) is 9.59 Å². The number of carbonyl (C=O) groups excluding carboxylic acids is 2. The number of ether oxygens (including phenoxy) is 1. The van der Waals surface area contributed by atoms with Crippen LogP contribution in [0.5, 0.6) is 5.75 Å². The molecule has 0 aliphatic heterocycles. The van der Waals surface area contributed by atoms with Crippen molar-refractivity contribution in [2.45, 2.75) is 0 Å². The largest absolute Gasteiger partial charge is 0.486 e. The Kier molecular flexibility index (Phi) is 3.42. The van der Waals surface area contributed by atoms with Crippen LogP contribution in [0.1, 0.15) is 0 Å². The summed E-state index contributed by atoms with van der Waals surface area (Å²) in [4.78, 5) is 23.3. The molecule has 1 aromatic rings. The van der Waals surface area contributed by atoms with Crippen LogP contribution in [-0.2, 0) is 9.59 Å². The van der Waals surface area contributed by atoms with Gasteiger partial charge in [-0.1, -0.05) is 6.07 Å². The van der Waals surface area contributed by atoms with Crippen LogP contribution in [0.4, 0.5) is 5.69 Å². The van der Waals surface area contributed by atoms with Gasteiger partial charge in [0.05, 0.1) is 5.69 Å². The van der Waals surface area contributed by atoms with Crippen LogP contribution >= 0.6 is 0 Å². The number of rotatable bonds is 4. The van der Waals surface area contributed by atoms with E-state index in [4.69, 9.17) is 4.74 Å². The van der Waals surface area contributed by atoms with Crippen LogP contribution in [0.2, 0.25) is 0 Å². The SMILES string of the molecule is O=C=Nc1cccc(OCC=O)c1. The molecule has 0 aliphatic carbocycles. The lowest BCUT2D eigenvalue weighted by atomic mass is 10.3. The van der Waals surface area contributed by atoms with E-state index in [1.807, 2.05) is 0 Å². The zero-order valence-electron chi connectivity index (χ0n) is 6.77. The molecule has 0 spiro atoms. The van der Waals surface area contributed by atoms with Crippen molar-refractivity contribution in [1.82, 2.24) is 0 Å². The van der Waals surface area contributed by atoms with E-state index in [-0.39, 0.29) is 6.61 Å². The van der Waals surface area contributed by atoms with Crippen LogP contribution in [-0.4, -0.2) is 19.0 Å². The molecule has 4 nitrogen and oxygen atoms in total. The average Bonchev–Trinajstić information content (AvgIpc) is 2.16. The Morgan fingerprint density at radius 1 is 1.54 bits per heavy atom. The van der Waals surface area contributed by atoms with Crippen molar-refractivity contribution in [3.8, 4) is 5.75 Å². The minimum Gasteiger partial charge on any atom is -0.486 e. The summed E-state index contributed by atoms with van der Waals surface area (Å²) in [5, 5.41) is 0. The molecule has 0 bridgehead atoms. The third kappa shape index (κ3) is 2.89. The number of hydrogen-bond donors (Lipinski definition) is 0. The van der Waals surface area contributed by atoms with E-state index in [1.165, 1.54) is 6.08 Å². The predicted molar refractivity (Wildman–Crippen MR) is 45.8 cm³/mol. The second kappa shape index (κ2) is 4.85. The quantitative estimate of drug-likeness (QED) is 0.395. The summed E-state index contributed by atoms with van der Waals surface area (Å²) in [6, 6.07) is 6.54. The second-order valence-electron chi connectivity index (χ2n) is 2.18. The smallest absolute Gasteiger partial charge is 0.240 e. The molecule has 0 saturated carbocycles. The van der Waals surface area contributed by atoms with Crippen LogP contribution < -0.4 is 4.74 Å². The van der Waals surface area contributed by atoms with Crippen molar-refractivity contribution in [2.24, 2.45) is 4.99 Å². The highest BCUT2D eigenvalue weighted by Gasteiger charge is 1.94. The van der Waals surface area contributed by atoms with E-state index >= 15 is 0 Å². The number of nitrogens with zero attached hydrogens (tertiary/aromatic N) is 1. The van der Waals surface area contributed by atoms with Gasteiger partial charge in [0.1, 0.15) is 12.4 Å². The molecule has 66 valence electrons. The summed E-state index contributed by atoms with van der Waals surface area (Å²) < 4.78 is 4.98. The first kappa shape index (κ1) is 9.16. The molecule has 13 heavy (non-hydrogen) atoms. The molecule has 0 aliphatic rings. The molecular weight excluding hydrogens is 170 g/mol. The number of hydrogen-bond acceptors (Lipinski definition) is 4. The van der Waals surface area contributed by atoms with Gasteiger partial charge in [0.2, 0.25) is 6.08 Å². The first-order valence-corrected chi connectivity index (χ1v) is 3.61. The molecule has 0 heterocycles. The van der Waals surface area contributed by atoms with Gasteiger partial charge >= 0.3 is 0 Å². The van der Waals surface area contributed by atoms with Crippen molar-refractivity contribution >= 4 is 18.1 Å². The maximum Gasteiger partial charge on any atom is 0.240 e. The summed E-state index contributed by atoms with van der Waals surface area (Å²) >= 11 is 0. The molecule has 4 heteroatoms. The average molecular weight is 177 g/mol. The molecular formula is C9H7NO3. The first-order valence-electron chi connectivity index (χ1n) is 3.61. The molecule has 0 atom stereocenters. The summed E-state index contributed by atoms with van der Waals surface area (Å²) in [6.07, 6.45) is 2.07. The fraction of sp³-hybridized carbons (Fsp3) is 0.111. The normalized spacial score (nSPS) is 8.62. The molecule has 0 unspecified atom stereocenters. The van der Waals surface area contributed by atoms with E-state index in [2.05, 4.69) is 4.99 Å². The van der Waals surface area contributed by atoms with E-state index in [1.54, 1.807) is 24.3 Å². The minimum atomic E-state index is -0.00570. The van der Waals surface area contributed by atoms with Gasteiger partial charge in [0.25, 0.3) is 0 Å². The standard InChI is InChI=1S/C9H7NO3/c11-4-5-13-9-3-1-2-8(6-9)10-7-12/h1-4,6H,5H2. The van der Waals surface area contributed by atoms with Crippen LogP contribution in [0, 0.1) is 0 Å². The van der Waals surface area contributed by atoms with Gasteiger partial charge < -0.3 is 4.74 Å². The van der Waals surface area contributed by atoms with Crippen molar-refractivity contribution in [1.29, 1.82) is 0 Å². The molecule has 1 aromatic carbocycles. The van der Waals surface area contributed by atoms with Gasteiger partial charge in [-0.15, -0.1) is 0 Å². The highest BCUT2D eigenvalue weighted by atomic mass is 16.5. The summed E-state index contributed by atoms with van der Waals surface area (Å²) in [6.45, 7) is -0.00570. The van der Waals surface area contributed by atoms with Crippen molar-refractivity contribution in [3.63, 3.8) is 0 Å². The van der Waals surface area contributed by atoms with Gasteiger partial charge in [-0.25, -0.2) is 4.79 Å². The van der Waals surface area contributed by atoms with Gasteiger partial charge in [0.15, 0.2) is 6.29 Å². The number of carbonyl (C=O) groups is 1. The number of benzene rings is 1. The summed E-state index contributed by atoms with van der Waals surface area (Å²) in [5.74, 6) is 0.503. The number of aldehydes is 1. The van der Waals surface area contributed by atoms with E-state index in [0.717, 1.165) is 0 Å². The molecule has 0 fully saturated rings. The third-order valence-electron chi connectivity index (χ3n) is 1.31. The fourth-order valence-corrected chi connectivity index (χ4v) is 0.826. The Bertz CT molecular complexity index is 342. The van der Waals surface area contributed by atoms with Crippen molar-refractivity contribution < 1.29 is 14.3 Å². The van der Waals surface area contributed by atoms with E-state index in [0.29, 0.717) is 17.7 Å². The van der Waals surface area contributed by atoms with Gasteiger partial charge in [-0.05, 0) is 12.1 Å². The van der Waals surface area contributed by atoms with Gasteiger partial charge in [0, 0.05) is 6.07 Å². The Morgan fingerprint density at radius 3 is 3.08 bits per heavy atom. The second-order valence-corrected chi connectivity index (χ2v) is 2.18. The molecule has 0 N–H and O–H groups in total. The third-order valence-corrected chi connectivity index (χ3v) is 1.31. The molecule has 1 rings (SSSR count). The Hall–Kier alpha value is -1.93.